The molecule has 1 N–H and O–H groups in total. The number of rotatable bonds is 4. The van der Waals surface area contributed by atoms with Crippen molar-refractivity contribution in [1.82, 2.24) is 19.5 Å². The van der Waals surface area contributed by atoms with E-state index in [4.69, 9.17) is 10.1 Å². The molecule has 9 heteroatoms. The minimum atomic E-state index is -1.10. The van der Waals surface area contributed by atoms with Gasteiger partial charge in [0.25, 0.3) is 0 Å². The Balaban J connectivity index is 1.81. The monoisotopic (exact) mass is 370 g/mol. The smallest absolute Gasteiger partial charge is 0.356 e. The molecule has 2 aromatic heterocycles. The summed E-state index contributed by atoms with van der Waals surface area (Å²) in [6.07, 6.45) is 9.49. The highest BCUT2D eigenvalue weighted by atomic mass is 16.4. The number of carbonyl (C=O) groups excluding carboxylic acids is 1. The van der Waals surface area contributed by atoms with Gasteiger partial charge in [0.1, 0.15) is 18.1 Å². The number of likely N-dealkylation sites (N-methyl/N-ethyl adjacent to an activating group) is 1. The fourth-order valence-electron chi connectivity index (χ4n) is 4.04. The van der Waals surface area contributed by atoms with Gasteiger partial charge in [-0.25, -0.2) is 14.8 Å². The third kappa shape index (κ3) is 2.83. The van der Waals surface area contributed by atoms with Crippen molar-refractivity contribution < 1.29 is 14.7 Å². The number of fused-ring (bicyclic) bond motifs is 1. The first-order valence-electron chi connectivity index (χ1n) is 9.21. The highest BCUT2D eigenvalue weighted by Gasteiger charge is 2.41. The van der Waals surface area contributed by atoms with Crippen LogP contribution in [0.15, 0.2) is 18.7 Å². The molecule has 0 radical (unpaired) electrons. The molecule has 0 saturated heterocycles. The maximum atomic E-state index is 12.9. The van der Waals surface area contributed by atoms with Crippen LogP contribution >= 0.6 is 0 Å². The number of amides is 1. The predicted molar refractivity (Wildman–Crippen MR) is 98.3 cm³/mol. The van der Waals surface area contributed by atoms with E-state index in [1.807, 2.05) is 6.92 Å². The predicted octanol–water partition coefficient (Wildman–Crippen LogP) is 1.86. The SMILES string of the molecule is CCC1C(=O)N(C)c2cnc(-n3cnc(C(=O)O)c3)nc2N1C1CCCC1. The Kier molecular flexibility index (Phi) is 4.29. The van der Waals surface area contributed by atoms with Crippen LogP contribution in [0.25, 0.3) is 5.95 Å². The van der Waals surface area contributed by atoms with Gasteiger partial charge in [0.2, 0.25) is 11.9 Å². The van der Waals surface area contributed by atoms with E-state index in [1.54, 1.807) is 18.1 Å². The van der Waals surface area contributed by atoms with Crippen molar-refractivity contribution in [1.29, 1.82) is 0 Å². The van der Waals surface area contributed by atoms with E-state index in [0.717, 1.165) is 31.5 Å². The molecule has 3 heterocycles. The zero-order valence-corrected chi connectivity index (χ0v) is 15.4. The normalized spacial score (nSPS) is 20.2. The van der Waals surface area contributed by atoms with Crippen molar-refractivity contribution in [2.45, 2.75) is 51.1 Å². The topological polar surface area (TPSA) is 104 Å². The number of carboxylic acids is 1. The number of imidazole rings is 1. The number of aromatic carboxylic acids is 1. The van der Waals surface area contributed by atoms with Gasteiger partial charge < -0.3 is 14.9 Å². The maximum Gasteiger partial charge on any atom is 0.356 e. The van der Waals surface area contributed by atoms with Gasteiger partial charge >= 0.3 is 5.97 Å². The van der Waals surface area contributed by atoms with Crippen LogP contribution in [0.2, 0.25) is 0 Å². The average molecular weight is 370 g/mol. The molecule has 2 aromatic rings. The first-order valence-corrected chi connectivity index (χ1v) is 9.21. The van der Waals surface area contributed by atoms with Crippen LogP contribution in [0.1, 0.15) is 49.5 Å². The van der Waals surface area contributed by atoms with Crippen LogP contribution in [0.4, 0.5) is 11.5 Å². The second-order valence-electron chi connectivity index (χ2n) is 7.02. The van der Waals surface area contributed by atoms with E-state index in [1.165, 1.54) is 17.1 Å². The molecule has 4 rings (SSSR count). The molecule has 0 spiro atoms. The molecule has 1 atom stereocenters. The molecule has 1 saturated carbocycles. The lowest BCUT2D eigenvalue weighted by atomic mass is 10.0. The molecule has 1 amide bonds. The molecular weight excluding hydrogens is 348 g/mol. The third-order valence-electron chi connectivity index (χ3n) is 5.43. The van der Waals surface area contributed by atoms with Gasteiger partial charge in [0, 0.05) is 19.3 Å². The quantitative estimate of drug-likeness (QED) is 0.876. The lowest BCUT2D eigenvalue weighted by Gasteiger charge is -2.43. The van der Waals surface area contributed by atoms with Gasteiger partial charge in [0.05, 0.1) is 6.20 Å². The van der Waals surface area contributed by atoms with E-state index >= 15 is 0 Å². The molecule has 1 aliphatic carbocycles. The maximum absolute atomic E-state index is 12.9. The molecule has 1 unspecified atom stereocenters. The Bertz CT molecular complexity index is 889. The Labute approximate surface area is 156 Å². The van der Waals surface area contributed by atoms with Gasteiger partial charge in [0.15, 0.2) is 11.5 Å². The second kappa shape index (κ2) is 6.64. The van der Waals surface area contributed by atoms with Crippen LogP contribution in [0, 0.1) is 0 Å². The third-order valence-corrected chi connectivity index (χ3v) is 5.43. The number of aromatic nitrogens is 4. The zero-order chi connectivity index (χ0) is 19.1. The van der Waals surface area contributed by atoms with Crippen molar-refractivity contribution >= 4 is 23.4 Å². The molecule has 2 aliphatic rings. The van der Waals surface area contributed by atoms with E-state index in [0.29, 0.717) is 18.1 Å². The van der Waals surface area contributed by atoms with Crippen LogP contribution in [-0.2, 0) is 4.79 Å². The number of hydrogen-bond acceptors (Lipinski definition) is 6. The summed E-state index contributed by atoms with van der Waals surface area (Å²) in [5.74, 6) is 0.0282. The lowest BCUT2D eigenvalue weighted by Crippen LogP contribution is -2.55. The molecule has 0 aromatic carbocycles. The number of hydrogen-bond donors (Lipinski definition) is 1. The minimum Gasteiger partial charge on any atom is -0.476 e. The number of carbonyl (C=O) groups is 2. The fourth-order valence-corrected chi connectivity index (χ4v) is 4.04. The molecule has 142 valence electrons. The van der Waals surface area contributed by atoms with Gasteiger partial charge in [-0.3, -0.25) is 9.36 Å². The van der Waals surface area contributed by atoms with E-state index in [-0.39, 0.29) is 23.7 Å². The molecule has 1 aliphatic heterocycles. The Hall–Kier alpha value is -2.97. The molecule has 0 bridgehead atoms. The molecule has 9 nitrogen and oxygen atoms in total. The number of anilines is 2. The second-order valence-corrected chi connectivity index (χ2v) is 7.02. The van der Waals surface area contributed by atoms with Crippen molar-refractivity contribution in [3.63, 3.8) is 0 Å². The first kappa shape index (κ1) is 17.4. The Morgan fingerprint density at radius 2 is 2.04 bits per heavy atom. The van der Waals surface area contributed by atoms with Gasteiger partial charge in [-0.2, -0.15) is 4.98 Å². The van der Waals surface area contributed by atoms with E-state index in [2.05, 4.69) is 14.9 Å². The molecule has 27 heavy (non-hydrogen) atoms. The average Bonchev–Trinajstić information content (AvgIpc) is 3.35. The summed E-state index contributed by atoms with van der Waals surface area (Å²) in [5.41, 5.74) is 0.613. The summed E-state index contributed by atoms with van der Waals surface area (Å²) in [7, 11) is 1.75. The van der Waals surface area contributed by atoms with Crippen LogP contribution in [-0.4, -0.2) is 55.6 Å². The summed E-state index contributed by atoms with van der Waals surface area (Å²) >= 11 is 0. The summed E-state index contributed by atoms with van der Waals surface area (Å²) in [6.45, 7) is 2.01. The number of nitrogens with zero attached hydrogens (tertiary/aromatic N) is 6. The van der Waals surface area contributed by atoms with Gasteiger partial charge in [-0.05, 0) is 19.3 Å². The molecular formula is C18H22N6O3. The first-order chi connectivity index (χ1) is 13.0. The lowest BCUT2D eigenvalue weighted by molar-refractivity contribution is -0.120. The largest absolute Gasteiger partial charge is 0.476 e. The minimum absolute atomic E-state index is 0.0593. The van der Waals surface area contributed by atoms with Gasteiger partial charge in [-0.1, -0.05) is 19.8 Å². The van der Waals surface area contributed by atoms with E-state index in [9.17, 15) is 9.59 Å². The van der Waals surface area contributed by atoms with Gasteiger partial charge in [-0.15, -0.1) is 0 Å². The highest BCUT2D eigenvalue weighted by molar-refractivity contribution is 6.04. The highest BCUT2D eigenvalue weighted by Crippen LogP contribution is 2.39. The Morgan fingerprint density at radius 1 is 1.30 bits per heavy atom. The van der Waals surface area contributed by atoms with Crippen molar-refractivity contribution in [3.05, 3.63) is 24.4 Å². The number of carboxylic acid groups (broad SMARTS) is 1. The standard InChI is InChI=1S/C18H22N6O3/c1-3-13-16(25)22(2)14-8-19-18(23-9-12(17(26)27)20-10-23)21-15(14)24(13)11-6-4-5-7-11/h8-11,13H,3-7H2,1-2H3,(H,26,27). The van der Waals surface area contributed by atoms with Crippen LogP contribution in [0.3, 0.4) is 0 Å². The fraction of sp³-hybridized carbons (Fsp3) is 0.500. The zero-order valence-electron chi connectivity index (χ0n) is 15.4. The summed E-state index contributed by atoms with van der Waals surface area (Å²) in [5, 5.41) is 9.08. The summed E-state index contributed by atoms with van der Waals surface area (Å²) in [4.78, 5) is 40.7. The van der Waals surface area contributed by atoms with Crippen LogP contribution < -0.4 is 9.80 Å². The Morgan fingerprint density at radius 3 is 2.67 bits per heavy atom. The van der Waals surface area contributed by atoms with Crippen molar-refractivity contribution in [2.75, 3.05) is 16.8 Å². The summed E-state index contributed by atoms with van der Waals surface area (Å²) < 4.78 is 1.49. The van der Waals surface area contributed by atoms with Crippen molar-refractivity contribution in [2.24, 2.45) is 0 Å². The van der Waals surface area contributed by atoms with E-state index < -0.39 is 5.97 Å². The van der Waals surface area contributed by atoms with Crippen molar-refractivity contribution in [3.8, 4) is 5.95 Å². The molecule has 1 fully saturated rings. The summed E-state index contributed by atoms with van der Waals surface area (Å²) in [6, 6.07) is 0.0391. The van der Waals surface area contributed by atoms with Crippen LogP contribution in [0.5, 0.6) is 0 Å².